The van der Waals surface area contributed by atoms with Crippen LogP contribution in [0.5, 0.6) is 0 Å². The van der Waals surface area contributed by atoms with Gasteiger partial charge in [-0.3, -0.25) is 0 Å². The molecule has 2 heterocycles. The van der Waals surface area contributed by atoms with Gasteiger partial charge in [0.2, 0.25) is 0 Å². The molecule has 1 aliphatic rings. The molecule has 164 valence electrons. The second kappa shape index (κ2) is 8.47. The van der Waals surface area contributed by atoms with Crippen molar-refractivity contribution in [2.75, 3.05) is 18.5 Å². The molecule has 0 aliphatic carbocycles. The molecule has 1 aromatic carbocycles. The fourth-order valence-corrected chi connectivity index (χ4v) is 3.36. The molecule has 2 aromatic rings. The first-order valence-electron chi connectivity index (χ1n) is 9.42. The van der Waals surface area contributed by atoms with Gasteiger partial charge in [-0.25, -0.2) is 9.78 Å². The van der Waals surface area contributed by atoms with Crippen LogP contribution in [0.4, 0.5) is 23.7 Å². The van der Waals surface area contributed by atoms with Crippen molar-refractivity contribution in [1.82, 2.24) is 10.3 Å². The van der Waals surface area contributed by atoms with Crippen LogP contribution < -0.4 is 10.6 Å². The van der Waals surface area contributed by atoms with Crippen LogP contribution in [-0.2, 0) is 15.7 Å². The molecule has 0 bridgehead atoms. The highest BCUT2D eigenvalue weighted by molar-refractivity contribution is 6.31. The average Bonchev–Trinajstić information content (AvgIpc) is 2.59. The second-order valence-corrected chi connectivity index (χ2v) is 8.61. The molecule has 2 unspecified atom stereocenters. The molecule has 0 radical (unpaired) electrons. The molecule has 1 saturated heterocycles. The maximum atomic E-state index is 13.3. The number of ether oxygens (including phenoxy) is 2. The topological polar surface area (TPSA) is 72.5 Å². The van der Waals surface area contributed by atoms with Crippen LogP contribution in [0, 0.1) is 0 Å². The summed E-state index contributed by atoms with van der Waals surface area (Å²) in [4.78, 5) is 15.7. The minimum Gasteiger partial charge on any atom is -0.444 e. The lowest BCUT2D eigenvalue weighted by Gasteiger charge is -2.32. The van der Waals surface area contributed by atoms with E-state index < -0.39 is 23.6 Å². The molecule has 6 nitrogen and oxygen atoms in total. The zero-order valence-electron chi connectivity index (χ0n) is 16.8. The molecule has 1 aliphatic heterocycles. The number of benzene rings is 1. The number of alkyl halides is 3. The first-order valence-corrected chi connectivity index (χ1v) is 9.80. The van der Waals surface area contributed by atoms with Crippen molar-refractivity contribution in [1.29, 1.82) is 0 Å². The number of rotatable bonds is 3. The van der Waals surface area contributed by atoms with Gasteiger partial charge in [-0.15, -0.1) is 0 Å². The summed E-state index contributed by atoms with van der Waals surface area (Å²) in [6, 6.07) is 4.79. The molecule has 1 amide bonds. The molecule has 2 N–H and O–H groups in total. The Morgan fingerprint density at radius 1 is 1.20 bits per heavy atom. The third-order valence-electron chi connectivity index (χ3n) is 4.35. The summed E-state index contributed by atoms with van der Waals surface area (Å²) in [5, 5.41) is 6.69. The van der Waals surface area contributed by atoms with E-state index in [1.165, 1.54) is 12.1 Å². The van der Waals surface area contributed by atoms with Crippen molar-refractivity contribution in [2.45, 2.75) is 51.1 Å². The van der Waals surface area contributed by atoms with Gasteiger partial charge >= 0.3 is 12.3 Å². The number of amides is 1. The van der Waals surface area contributed by atoms with E-state index in [0.717, 1.165) is 6.07 Å². The Labute approximate surface area is 177 Å². The maximum Gasteiger partial charge on any atom is 0.433 e. The summed E-state index contributed by atoms with van der Waals surface area (Å²) in [7, 11) is 0. The number of fused-ring (bicyclic) bond motifs is 1. The number of nitrogens with one attached hydrogen (secondary N) is 2. The molecule has 3 rings (SSSR count). The summed E-state index contributed by atoms with van der Waals surface area (Å²) < 4.78 is 50.7. The summed E-state index contributed by atoms with van der Waals surface area (Å²) in [5.41, 5.74) is -1.21. The Morgan fingerprint density at radius 2 is 1.90 bits per heavy atom. The number of carbonyl (C=O) groups is 1. The van der Waals surface area contributed by atoms with Crippen molar-refractivity contribution >= 4 is 34.3 Å². The van der Waals surface area contributed by atoms with E-state index in [9.17, 15) is 18.0 Å². The third-order valence-corrected chi connectivity index (χ3v) is 4.58. The Bertz CT molecular complexity index is 931. The van der Waals surface area contributed by atoms with Crippen molar-refractivity contribution in [3.8, 4) is 0 Å². The first kappa shape index (κ1) is 22.4. The van der Waals surface area contributed by atoms with E-state index in [0.29, 0.717) is 16.8 Å². The van der Waals surface area contributed by atoms with E-state index in [-0.39, 0.29) is 36.5 Å². The van der Waals surface area contributed by atoms with Crippen LogP contribution in [0.25, 0.3) is 10.9 Å². The first-order chi connectivity index (χ1) is 13.9. The highest BCUT2D eigenvalue weighted by Crippen LogP contribution is 2.34. The van der Waals surface area contributed by atoms with Gasteiger partial charge < -0.3 is 20.1 Å². The minimum atomic E-state index is -4.59. The lowest BCUT2D eigenvalue weighted by atomic mass is 10.0. The van der Waals surface area contributed by atoms with Crippen LogP contribution in [0.3, 0.4) is 0 Å². The van der Waals surface area contributed by atoms with Crippen LogP contribution in [0.2, 0.25) is 5.02 Å². The van der Waals surface area contributed by atoms with Gasteiger partial charge in [0, 0.05) is 16.1 Å². The second-order valence-electron chi connectivity index (χ2n) is 8.17. The van der Waals surface area contributed by atoms with Gasteiger partial charge in [0.1, 0.15) is 11.3 Å². The van der Waals surface area contributed by atoms with Crippen molar-refractivity contribution < 1.29 is 27.4 Å². The minimum absolute atomic E-state index is 0.178. The lowest BCUT2D eigenvalue weighted by Crippen LogP contribution is -2.48. The van der Waals surface area contributed by atoms with Crippen LogP contribution >= 0.6 is 11.6 Å². The smallest absolute Gasteiger partial charge is 0.433 e. The molecule has 0 saturated carbocycles. The molecule has 1 aromatic heterocycles. The van der Waals surface area contributed by atoms with E-state index in [4.69, 9.17) is 21.1 Å². The Hall–Kier alpha value is -2.26. The number of pyridine rings is 1. The number of hydrogen-bond acceptors (Lipinski definition) is 5. The average molecular weight is 446 g/mol. The Kier molecular flexibility index (Phi) is 6.33. The molecule has 2 atom stereocenters. The third kappa shape index (κ3) is 5.89. The zero-order chi connectivity index (χ0) is 22.1. The van der Waals surface area contributed by atoms with Gasteiger partial charge in [-0.05, 0) is 51.5 Å². The van der Waals surface area contributed by atoms with Gasteiger partial charge in [0.25, 0.3) is 0 Å². The Morgan fingerprint density at radius 3 is 2.57 bits per heavy atom. The number of anilines is 1. The van der Waals surface area contributed by atoms with E-state index in [1.54, 1.807) is 26.8 Å². The summed E-state index contributed by atoms with van der Waals surface area (Å²) in [6.07, 6.45) is -4.71. The molecule has 10 heteroatoms. The van der Waals surface area contributed by atoms with Crippen LogP contribution in [0.15, 0.2) is 24.3 Å². The normalized spacial score (nSPS) is 20.1. The largest absolute Gasteiger partial charge is 0.444 e. The van der Waals surface area contributed by atoms with Gasteiger partial charge in [-0.2, -0.15) is 13.2 Å². The molecular formula is C20H23ClF3N3O3. The number of hydrogen-bond donors (Lipinski definition) is 2. The van der Waals surface area contributed by atoms with Crippen molar-refractivity contribution in [3.63, 3.8) is 0 Å². The van der Waals surface area contributed by atoms with E-state index >= 15 is 0 Å². The van der Waals surface area contributed by atoms with Crippen LogP contribution in [-0.4, -0.2) is 42.0 Å². The quantitative estimate of drug-likeness (QED) is 0.695. The van der Waals surface area contributed by atoms with Crippen molar-refractivity contribution in [3.05, 3.63) is 35.0 Å². The fourth-order valence-electron chi connectivity index (χ4n) is 3.19. The van der Waals surface area contributed by atoms with Gasteiger partial charge in [-0.1, -0.05) is 11.6 Å². The maximum absolute atomic E-state index is 13.3. The summed E-state index contributed by atoms with van der Waals surface area (Å²) in [5.74, 6) is 0. The standard InChI is InChI=1S/C20H23ClF3N3O3/c1-19(2,3)30-18(28)26-13-7-12(9-29-10-13)25-16-8-17(20(22,23)24)27-15-5-4-11(21)6-14(15)16/h4-6,8,12-13H,7,9-10H2,1-3H3,(H,25,27)(H,26,28). The zero-order valence-corrected chi connectivity index (χ0v) is 17.5. The number of alkyl carbamates (subject to hydrolysis) is 1. The number of nitrogens with zero attached hydrogens (tertiary/aromatic N) is 1. The number of aromatic nitrogens is 1. The molecule has 0 spiro atoms. The fraction of sp³-hybridized carbons (Fsp3) is 0.500. The van der Waals surface area contributed by atoms with Gasteiger partial charge in [0.15, 0.2) is 0 Å². The SMILES string of the molecule is CC(C)(C)OC(=O)NC1COCC(Nc2cc(C(F)(F)F)nc3ccc(Cl)cc23)C1. The monoisotopic (exact) mass is 445 g/mol. The lowest BCUT2D eigenvalue weighted by molar-refractivity contribution is -0.140. The number of carbonyl (C=O) groups excluding carboxylic acids is 1. The summed E-state index contributed by atoms with van der Waals surface area (Å²) >= 11 is 6.03. The van der Waals surface area contributed by atoms with E-state index in [2.05, 4.69) is 15.6 Å². The molecule has 30 heavy (non-hydrogen) atoms. The summed E-state index contributed by atoms with van der Waals surface area (Å²) in [6.45, 7) is 5.83. The van der Waals surface area contributed by atoms with E-state index in [1.807, 2.05) is 0 Å². The highest BCUT2D eigenvalue weighted by Gasteiger charge is 2.34. The van der Waals surface area contributed by atoms with Crippen molar-refractivity contribution in [2.24, 2.45) is 0 Å². The Balaban J connectivity index is 1.79. The predicted octanol–water partition coefficient (Wildman–Crippen LogP) is 5.00. The molecular weight excluding hydrogens is 423 g/mol. The molecule has 1 fully saturated rings. The predicted molar refractivity (Wildman–Crippen MR) is 108 cm³/mol. The highest BCUT2D eigenvalue weighted by atomic mass is 35.5. The van der Waals surface area contributed by atoms with Crippen LogP contribution in [0.1, 0.15) is 32.9 Å². The van der Waals surface area contributed by atoms with Gasteiger partial charge in [0.05, 0.1) is 30.8 Å². The number of halogens is 4.